The molecule has 1 N–H and O–H groups in total. The van der Waals surface area contributed by atoms with Crippen LogP contribution in [0.15, 0.2) is 45.7 Å². The molecule has 0 fully saturated rings. The number of thioether (sulfide) groups is 1. The minimum atomic E-state index is -0.564. The maximum Gasteiger partial charge on any atom is 0.299 e. The van der Waals surface area contributed by atoms with Crippen molar-refractivity contribution >= 4 is 57.6 Å². The summed E-state index contributed by atoms with van der Waals surface area (Å²) in [6.07, 6.45) is 0. The fourth-order valence-corrected chi connectivity index (χ4v) is 2.21. The van der Waals surface area contributed by atoms with Gasteiger partial charge in [0.05, 0.1) is 16.5 Å². The van der Waals surface area contributed by atoms with Crippen molar-refractivity contribution in [3.05, 3.63) is 40.5 Å². The van der Waals surface area contributed by atoms with Gasteiger partial charge in [-0.15, -0.1) is 10.2 Å². The van der Waals surface area contributed by atoms with E-state index in [1.165, 1.54) is 6.07 Å². The van der Waals surface area contributed by atoms with Gasteiger partial charge < -0.3 is 5.32 Å². The number of carbonyl (C=O) groups excluding carboxylic acids is 2. The number of halogens is 2. The summed E-state index contributed by atoms with van der Waals surface area (Å²) in [6, 6.07) is 4.73. The molecule has 0 spiro atoms. The molecule has 0 unspecified atom stereocenters. The van der Waals surface area contributed by atoms with E-state index in [0.29, 0.717) is 15.7 Å². The van der Waals surface area contributed by atoms with Crippen molar-refractivity contribution in [2.75, 3.05) is 11.1 Å². The van der Waals surface area contributed by atoms with Gasteiger partial charge in [-0.1, -0.05) is 41.5 Å². The Morgan fingerprint density at radius 3 is 2.81 bits per heavy atom. The number of hydrogen-bond donors (Lipinski definition) is 1. The number of hydrogen-bond acceptors (Lipinski definition) is 5. The number of rotatable bonds is 3. The Hall–Kier alpha value is -1.70. The third kappa shape index (κ3) is 4.38. The molecule has 0 aromatic heterocycles. The molecule has 21 heavy (non-hydrogen) atoms. The summed E-state index contributed by atoms with van der Waals surface area (Å²) in [4.78, 5) is 26.7. The summed E-state index contributed by atoms with van der Waals surface area (Å²) in [5.74, 6) is -0.898. The average molecular weight is 343 g/mol. The van der Waals surface area contributed by atoms with Crippen LogP contribution in [0.1, 0.15) is 0 Å². The first-order chi connectivity index (χ1) is 9.95. The van der Waals surface area contributed by atoms with Crippen molar-refractivity contribution < 1.29 is 9.59 Å². The van der Waals surface area contributed by atoms with Crippen LogP contribution in [0.5, 0.6) is 0 Å². The van der Waals surface area contributed by atoms with Crippen LogP contribution in [-0.4, -0.2) is 22.7 Å². The van der Waals surface area contributed by atoms with Crippen LogP contribution in [-0.2, 0) is 9.59 Å². The summed E-state index contributed by atoms with van der Waals surface area (Å²) in [6.45, 7) is 3.37. The van der Waals surface area contributed by atoms with E-state index >= 15 is 0 Å². The Labute approximate surface area is 134 Å². The molecule has 0 aliphatic carbocycles. The number of nitrogens with one attached hydrogen (secondary N) is 1. The number of aliphatic imine (C=N–C) groups is 1. The van der Waals surface area contributed by atoms with Crippen LogP contribution >= 0.6 is 35.0 Å². The van der Waals surface area contributed by atoms with E-state index in [0.717, 1.165) is 11.8 Å². The minimum absolute atomic E-state index is 0.000448. The standard InChI is InChI=1S/C12H8Cl2N4O2S/c1-6-11(20)16-12(18-17-6)21-5-10(19)15-9-4-7(13)2-3-8(9)14/h2-4H,1,5H2,(H,15,19). The molecule has 0 atom stereocenters. The number of benzene rings is 1. The van der Waals surface area contributed by atoms with Crippen LogP contribution in [0, 0.1) is 0 Å². The quantitative estimate of drug-likeness (QED) is 0.852. The third-order valence-corrected chi connectivity index (χ3v) is 3.64. The second-order valence-corrected chi connectivity index (χ2v) is 5.59. The molecule has 108 valence electrons. The topological polar surface area (TPSA) is 83.2 Å². The Morgan fingerprint density at radius 1 is 1.33 bits per heavy atom. The number of azo groups is 1. The molecule has 0 saturated heterocycles. The second kappa shape index (κ2) is 6.84. The van der Waals surface area contributed by atoms with E-state index in [1.54, 1.807) is 12.1 Å². The monoisotopic (exact) mass is 342 g/mol. The lowest BCUT2D eigenvalue weighted by Gasteiger charge is -2.08. The van der Waals surface area contributed by atoms with Crippen molar-refractivity contribution in [2.24, 2.45) is 15.2 Å². The van der Waals surface area contributed by atoms with E-state index < -0.39 is 5.91 Å². The van der Waals surface area contributed by atoms with E-state index in [2.05, 4.69) is 27.1 Å². The van der Waals surface area contributed by atoms with Crippen molar-refractivity contribution in [3.63, 3.8) is 0 Å². The summed E-state index contributed by atoms with van der Waals surface area (Å²) >= 11 is 12.7. The number of nitrogens with zero attached hydrogens (tertiary/aromatic N) is 3. The van der Waals surface area contributed by atoms with Gasteiger partial charge in [-0.2, -0.15) is 4.99 Å². The molecule has 1 aliphatic rings. The highest BCUT2D eigenvalue weighted by atomic mass is 35.5. The molecule has 0 radical (unpaired) electrons. The average Bonchev–Trinajstić information content (AvgIpc) is 2.44. The lowest BCUT2D eigenvalue weighted by atomic mass is 10.3. The van der Waals surface area contributed by atoms with Crippen LogP contribution in [0.4, 0.5) is 5.69 Å². The summed E-state index contributed by atoms with van der Waals surface area (Å²) in [5, 5.41) is 10.7. The fraction of sp³-hybridized carbons (Fsp3) is 0.0833. The largest absolute Gasteiger partial charge is 0.324 e. The first kappa shape index (κ1) is 15.7. The van der Waals surface area contributed by atoms with E-state index in [9.17, 15) is 9.59 Å². The molecule has 1 aromatic carbocycles. The van der Waals surface area contributed by atoms with Crippen molar-refractivity contribution in [3.8, 4) is 0 Å². The van der Waals surface area contributed by atoms with Gasteiger partial charge in [-0.05, 0) is 18.2 Å². The normalized spacial score (nSPS) is 14.1. The van der Waals surface area contributed by atoms with Gasteiger partial charge in [0.15, 0.2) is 0 Å². The van der Waals surface area contributed by atoms with E-state index in [1.807, 2.05) is 0 Å². The van der Waals surface area contributed by atoms with Crippen molar-refractivity contribution in [2.45, 2.75) is 0 Å². The van der Waals surface area contributed by atoms with Crippen LogP contribution in [0.3, 0.4) is 0 Å². The first-order valence-corrected chi connectivity index (χ1v) is 7.31. The zero-order chi connectivity index (χ0) is 15.4. The fourth-order valence-electron chi connectivity index (χ4n) is 1.29. The molecule has 6 nitrogen and oxygen atoms in total. The maximum atomic E-state index is 11.8. The number of amides is 2. The molecule has 2 rings (SSSR count). The Bertz CT molecular complexity index is 688. The van der Waals surface area contributed by atoms with Gasteiger partial charge in [-0.25, -0.2) is 0 Å². The first-order valence-electron chi connectivity index (χ1n) is 5.57. The van der Waals surface area contributed by atoms with Gasteiger partial charge in [0, 0.05) is 5.02 Å². The van der Waals surface area contributed by atoms with E-state index in [4.69, 9.17) is 23.2 Å². The Morgan fingerprint density at radius 2 is 2.10 bits per heavy atom. The van der Waals surface area contributed by atoms with Gasteiger partial charge >= 0.3 is 0 Å². The van der Waals surface area contributed by atoms with Crippen LogP contribution in [0.25, 0.3) is 0 Å². The van der Waals surface area contributed by atoms with E-state index in [-0.39, 0.29) is 22.5 Å². The smallest absolute Gasteiger partial charge is 0.299 e. The van der Waals surface area contributed by atoms with Gasteiger partial charge in [0.25, 0.3) is 5.91 Å². The van der Waals surface area contributed by atoms with Gasteiger partial charge in [0.2, 0.25) is 11.1 Å². The molecule has 1 aliphatic heterocycles. The SMILES string of the molecule is C=C1N=NC(SCC(=O)Nc2cc(Cl)ccc2Cl)=NC1=O. The van der Waals surface area contributed by atoms with Crippen molar-refractivity contribution in [1.82, 2.24) is 0 Å². The zero-order valence-electron chi connectivity index (χ0n) is 10.5. The molecular weight excluding hydrogens is 335 g/mol. The third-order valence-electron chi connectivity index (χ3n) is 2.24. The molecular formula is C12H8Cl2N4O2S. The van der Waals surface area contributed by atoms with Crippen LogP contribution < -0.4 is 5.32 Å². The molecule has 1 aromatic rings. The summed E-state index contributed by atoms with van der Waals surface area (Å²) in [5.41, 5.74) is 0.376. The zero-order valence-corrected chi connectivity index (χ0v) is 12.8. The second-order valence-electron chi connectivity index (χ2n) is 3.81. The lowest BCUT2D eigenvalue weighted by molar-refractivity contribution is -0.115. The minimum Gasteiger partial charge on any atom is -0.324 e. The highest BCUT2D eigenvalue weighted by molar-refractivity contribution is 8.14. The molecule has 2 amide bonds. The molecule has 0 bridgehead atoms. The number of amidine groups is 1. The highest BCUT2D eigenvalue weighted by Crippen LogP contribution is 2.25. The molecule has 9 heteroatoms. The van der Waals surface area contributed by atoms with Gasteiger partial charge in [-0.3, -0.25) is 9.59 Å². The number of carbonyl (C=O) groups is 2. The molecule has 1 heterocycles. The Kier molecular flexibility index (Phi) is 5.11. The Balaban J connectivity index is 1.93. The van der Waals surface area contributed by atoms with Crippen LogP contribution in [0.2, 0.25) is 10.0 Å². The summed E-state index contributed by atoms with van der Waals surface area (Å²) < 4.78 is 0. The lowest BCUT2D eigenvalue weighted by Crippen LogP contribution is -2.16. The number of anilines is 1. The summed E-state index contributed by atoms with van der Waals surface area (Å²) in [7, 11) is 0. The predicted molar refractivity (Wildman–Crippen MR) is 84.0 cm³/mol. The highest BCUT2D eigenvalue weighted by Gasteiger charge is 2.15. The predicted octanol–water partition coefficient (Wildman–Crippen LogP) is 3.53. The maximum absolute atomic E-state index is 11.8. The van der Waals surface area contributed by atoms with Crippen molar-refractivity contribution in [1.29, 1.82) is 0 Å². The van der Waals surface area contributed by atoms with Gasteiger partial charge in [0.1, 0.15) is 5.70 Å². The molecule has 0 saturated carbocycles.